The van der Waals surface area contributed by atoms with Crippen LogP contribution in [0.25, 0.3) is 0 Å². The number of rotatable bonds is 6. The molecule has 1 saturated heterocycles. The maximum atomic E-state index is 12.8. The molecule has 1 N–H and O–H groups in total. The lowest BCUT2D eigenvalue weighted by atomic mass is 10.1. The van der Waals surface area contributed by atoms with Crippen LogP contribution in [0.3, 0.4) is 0 Å². The van der Waals surface area contributed by atoms with E-state index in [0.29, 0.717) is 36.0 Å². The number of carbonyl (C=O) groups is 2. The van der Waals surface area contributed by atoms with Crippen molar-refractivity contribution < 1.29 is 18.7 Å². The molecule has 3 aromatic rings. The average molecular weight is 390 g/mol. The number of hydrogen-bond donors (Lipinski definition) is 1. The zero-order valence-corrected chi connectivity index (χ0v) is 16.1. The molecule has 0 spiro atoms. The van der Waals surface area contributed by atoms with Gasteiger partial charge in [-0.1, -0.05) is 29.8 Å². The van der Waals surface area contributed by atoms with Crippen LogP contribution in [0.1, 0.15) is 17.7 Å². The van der Waals surface area contributed by atoms with E-state index in [0.717, 1.165) is 5.56 Å². The molecule has 2 heterocycles. The van der Waals surface area contributed by atoms with Gasteiger partial charge < -0.3 is 19.4 Å². The molecule has 1 aliphatic rings. The molecule has 1 fully saturated rings. The number of aryl methyl sites for hydroxylation is 1. The number of ether oxygens (including phenoxy) is 1. The second-order valence-electron chi connectivity index (χ2n) is 7.16. The summed E-state index contributed by atoms with van der Waals surface area (Å²) in [7, 11) is 0. The van der Waals surface area contributed by atoms with Crippen molar-refractivity contribution in [3.8, 4) is 11.5 Å². The highest BCUT2D eigenvalue weighted by atomic mass is 16.5. The Morgan fingerprint density at radius 1 is 1.14 bits per heavy atom. The lowest BCUT2D eigenvalue weighted by Gasteiger charge is -2.16. The number of nitrogens with one attached hydrogen (secondary N) is 1. The van der Waals surface area contributed by atoms with E-state index in [4.69, 9.17) is 9.15 Å². The SMILES string of the molecule is Cc1ccc(Oc2ccccc2NC(=O)[C@@H]2CC(=O)N(Cc3ccco3)C2)cc1. The Balaban J connectivity index is 1.42. The van der Waals surface area contributed by atoms with Gasteiger partial charge in [-0.2, -0.15) is 0 Å². The van der Waals surface area contributed by atoms with Crippen LogP contribution >= 0.6 is 0 Å². The first-order chi connectivity index (χ1) is 14.1. The molecule has 1 aromatic heterocycles. The van der Waals surface area contributed by atoms with Crippen LogP contribution in [0.2, 0.25) is 0 Å². The van der Waals surface area contributed by atoms with Crippen molar-refractivity contribution in [2.24, 2.45) is 5.92 Å². The molecule has 0 radical (unpaired) electrons. The van der Waals surface area contributed by atoms with E-state index in [1.807, 2.05) is 49.4 Å². The summed E-state index contributed by atoms with van der Waals surface area (Å²) in [5, 5.41) is 2.92. The number of carbonyl (C=O) groups excluding carboxylic acids is 2. The zero-order valence-electron chi connectivity index (χ0n) is 16.1. The van der Waals surface area contributed by atoms with Crippen molar-refractivity contribution in [2.45, 2.75) is 19.9 Å². The predicted molar refractivity (Wildman–Crippen MR) is 109 cm³/mol. The van der Waals surface area contributed by atoms with E-state index >= 15 is 0 Å². The number of benzene rings is 2. The third-order valence-electron chi connectivity index (χ3n) is 4.91. The summed E-state index contributed by atoms with van der Waals surface area (Å²) in [6.45, 7) is 2.76. The van der Waals surface area contributed by atoms with Gasteiger partial charge in [-0.3, -0.25) is 9.59 Å². The van der Waals surface area contributed by atoms with Crippen LogP contribution < -0.4 is 10.1 Å². The van der Waals surface area contributed by atoms with Gasteiger partial charge in [-0.25, -0.2) is 0 Å². The van der Waals surface area contributed by atoms with Gasteiger partial charge >= 0.3 is 0 Å². The number of amides is 2. The summed E-state index contributed by atoms with van der Waals surface area (Å²) in [4.78, 5) is 26.7. The first-order valence-corrected chi connectivity index (χ1v) is 9.53. The van der Waals surface area contributed by atoms with E-state index in [1.165, 1.54) is 0 Å². The Labute approximate surface area is 169 Å². The zero-order chi connectivity index (χ0) is 20.2. The second kappa shape index (κ2) is 8.22. The lowest BCUT2D eigenvalue weighted by molar-refractivity contribution is -0.128. The van der Waals surface area contributed by atoms with Gasteiger partial charge in [0.05, 0.1) is 24.4 Å². The summed E-state index contributed by atoms with van der Waals surface area (Å²) < 4.78 is 11.2. The second-order valence-corrected chi connectivity index (χ2v) is 7.16. The lowest BCUT2D eigenvalue weighted by Crippen LogP contribution is -2.28. The number of nitrogens with zero attached hydrogens (tertiary/aromatic N) is 1. The smallest absolute Gasteiger partial charge is 0.229 e. The number of likely N-dealkylation sites (tertiary alicyclic amines) is 1. The fraction of sp³-hybridized carbons (Fsp3) is 0.217. The summed E-state index contributed by atoms with van der Waals surface area (Å²) in [6.07, 6.45) is 1.76. The highest BCUT2D eigenvalue weighted by Crippen LogP contribution is 2.30. The number of furan rings is 1. The Morgan fingerprint density at radius 3 is 2.69 bits per heavy atom. The Hall–Kier alpha value is -3.54. The fourth-order valence-corrected chi connectivity index (χ4v) is 3.32. The molecule has 0 saturated carbocycles. The third-order valence-corrected chi connectivity index (χ3v) is 4.91. The monoisotopic (exact) mass is 390 g/mol. The number of hydrogen-bond acceptors (Lipinski definition) is 4. The largest absolute Gasteiger partial charge is 0.467 e. The number of para-hydroxylation sites is 2. The standard InChI is InChI=1S/C23H22N2O4/c1-16-8-10-18(11-9-16)29-21-7-3-2-6-20(21)24-23(27)17-13-22(26)25(14-17)15-19-5-4-12-28-19/h2-12,17H,13-15H2,1H3,(H,24,27)/t17-/m1/s1. The summed E-state index contributed by atoms with van der Waals surface area (Å²) in [5.74, 6) is 1.30. The van der Waals surface area contributed by atoms with Crippen LogP contribution in [0.4, 0.5) is 5.69 Å². The van der Waals surface area contributed by atoms with Crippen molar-refractivity contribution in [1.82, 2.24) is 4.90 Å². The van der Waals surface area contributed by atoms with Gasteiger partial charge in [-0.05, 0) is 43.3 Å². The Bertz CT molecular complexity index is 996. The van der Waals surface area contributed by atoms with E-state index in [-0.39, 0.29) is 18.2 Å². The van der Waals surface area contributed by atoms with Crippen LogP contribution in [0, 0.1) is 12.8 Å². The van der Waals surface area contributed by atoms with Crippen LogP contribution in [0.5, 0.6) is 11.5 Å². The Kier molecular flexibility index (Phi) is 5.33. The molecule has 0 unspecified atom stereocenters. The molecule has 2 amide bonds. The molecule has 4 rings (SSSR count). The minimum atomic E-state index is -0.412. The van der Waals surface area contributed by atoms with E-state index < -0.39 is 5.92 Å². The fourth-order valence-electron chi connectivity index (χ4n) is 3.32. The van der Waals surface area contributed by atoms with Crippen LogP contribution in [0.15, 0.2) is 71.3 Å². The molecular formula is C23H22N2O4. The molecule has 6 heteroatoms. The average Bonchev–Trinajstić information content (AvgIpc) is 3.36. The molecular weight excluding hydrogens is 368 g/mol. The van der Waals surface area contributed by atoms with Gasteiger partial charge in [0.25, 0.3) is 0 Å². The van der Waals surface area contributed by atoms with Crippen molar-refractivity contribution in [3.05, 3.63) is 78.3 Å². The Morgan fingerprint density at radius 2 is 1.93 bits per heavy atom. The highest BCUT2D eigenvalue weighted by Gasteiger charge is 2.34. The quantitative estimate of drug-likeness (QED) is 0.678. The van der Waals surface area contributed by atoms with Gasteiger partial charge in [0.1, 0.15) is 11.5 Å². The summed E-state index contributed by atoms with van der Waals surface area (Å²) in [5.41, 5.74) is 1.72. The predicted octanol–water partition coefficient (Wildman–Crippen LogP) is 4.37. The normalized spacial score (nSPS) is 16.1. The maximum absolute atomic E-state index is 12.8. The van der Waals surface area contributed by atoms with E-state index in [1.54, 1.807) is 29.4 Å². The molecule has 0 aliphatic carbocycles. The molecule has 29 heavy (non-hydrogen) atoms. The van der Waals surface area contributed by atoms with Crippen molar-refractivity contribution in [1.29, 1.82) is 0 Å². The van der Waals surface area contributed by atoms with Crippen molar-refractivity contribution >= 4 is 17.5 Å². The molecule has 2 aromatic carbocycles. The van der Waals surface area contributed by atoms with Crippen LogP contribution in [-0.2, 0) is 16.1 Å². The summed E-state index contributed by atoms with van der Waals surface area (Å²) in [6, 6.07) is 18.6. The molecule has 1 aliphatic heterocycles. The first-order valence-electron chi connectivity index (χ1n) is 9.53. The maximum Gasteiger partial charge on any atom is 0.229 e. The van der Waals surface area contributed by atoms with E-state index in [2.05, 4.69) is 5.32 Å². The van der Waals surface area contributed by atoms with E-state index in [9.17, 15) is 9.59 Å². The van der Waals surface area contributed by atoms with Crippen molar-refractivity contribution in [2.75, 3.05) is 11.9 Å². The molecule has 6 nitrogen and oxygen atoms in total. The highest BCUT2D eigenvalue weighted by molar-refractivity contribution is 5.98. The van der Waals surface area contributed by atoms with Gasteiger partial charge in [-0.15, -0.1) is 0 Å². The van der Waals surface area contributed by atoms with Gasteiger partial charge in [0.2, 0.25) is 11.8 Å². The van der Waals surface area contributed by atoms with Gasteiger partial charge in [0, 0.05) is 13.0 Å². The number of anilines is 1. The first kappa shape index (κ1) is 18.8. The summed E-state index contributed by atoms with van der Waals surface area (Å²) >= 11 is 0. The topological polar surface area (TPSA) is 71.8 Å². The van der Waals surface area contributed by atoms with Crippen molar-refractivity contribution in [3.63, 3.8) is 0 Å². The van der Waals surface area contributed by atoms with Crippen LogP contribution in [-0.4, -0.2) is 23.3 Å². The minimum Gasteiger partial charge on any atom is -0.467 e. The molecule has 0 bridgehead atoms. The molecule has 1 atom stereocenters. The van der Waals surface area contributed by atoms with Gasteiger partial charge in [0.15, 0.2) is 5.75 Å². The minimum absolute atomic E-state index is 0.0502. The molecule has 148 valence electrons. The third kappa shape index (κ3) is 4.48.